The number of rotatable bonds is 5. The zero-order valence-corrected chi connectivity index (χ0v) is 9.26. The number of aromatic amines is 1. The first-order valence-corrected chi connectivity index (χ1v) is 5.15. The fourth-order valence-electron chi connectivity index (χ4n) is 1.86. The molecule has 4 heteroatoms. The van der Waals surface area contributed by atoms with Crippen LogP contribution in [0.15, 0.2) is 0 Å². The van der Waals surface area contributed by atoms with E-state index in [1.54, 1.807) is 0 Å². The van der Waals surface area contributed by atoms with Crippen LogP contribution in [0.5, 0.6) is 0 Å². The maximum Gasteiger partial charge on any atom is 0.303 e. The molecule has 0 amide bonds. The normalized spacial score (nSPS) is 10.6. The molecule has 4 N–H and O–H groups in total. The van der Waals surface area contributed by atoms with Gasteiger partial charge in [-0.15, -0.1) is 0 Å². The van der Waals surface area contributed by atoms with Gasteiger partial charge in [-0.05, 0) is 44.4 Å². The molecule has 0 saturated carbocycles. The zero-order chi connectivity index (χ0) is 11.4. The van der Waals surface area contributed by atoms with Gasteiger partial charge < -0.3 is 15.8 Å². The van der Waals surface area contributed by atoms with Crippen LogP contribution >= 0.6 is 0 Å². The molecule has 0 atom stereocenters. The molecule has 1 aromatic heterocycles. The van der Waals surface area contributed by atoms with E-state index in [1.165, 1.54) is 5.56 Å². The molecular weight excluding hydrogens is 192 g/mol. The first-order chi connectivity index (χ1) is 7.06. The summed E-state index contributed by atoms with van der Waals surface area (Å²) < 4.78 is 0. The zero-order valence-electron chi connectivity index (χ0n) is 9.26. The number of carboxylic acids is 1. The van der Waals surface area contributed by atoms with Crippen LogP contribution in [0.3, 0.4) is 0 Å². The molecule has 0 unspecified atom stereocenters. The van der Waals surface area contributed by atoms with Gasteiger partial charge in [0, 0.05) is 17.8 Å². The Morgan fingerprint density at radius 2 is 2.07 bits per heavy atom. The number of carboxylic acid groups (broad SMARTS) is 1. The van der Waals surface area contributed by atoms with Crippen molar-refractivity contribution in [3.63, 3.8) is 0 Å². The van der Waals surface area contributed by atoms with Crippen LogP contribution in [-0.2, 0) is 17.6 Å². The monoisotopic (exact) mass is 210 g/mol. The van der Waals surface area contributed by atoms with Gasteiger partial charge >= 0.3 is 5.97 Å². The van der Waals surface area contributed by atoms with Gasteiger partial charge in [0.15, 0.2) is 0 Å². The molecule has 0 aliphatic carbocycles. The van der Waals surface area contributed by atoms with Crippen LogP contribution in [-0.4, -0.2) is 22.6 Å². The third-order valence-corrected chi connectivity index (χ3v) is 2.68. The summed E-state index contributed by atoms with van der Waals surface area (Å²) in [5, 5.41) is 8.64. The standard InChI is InChI=1S/C11H18N2O2/c1-7-9(3-4-11(14)15)8(2)13-10(7)5-6-12/h13H,3-6,12H2,1-2H3,(H,14,15). The Kier molecular flexibility index (Phi) is 3.91. The first kappa shape index (κ1) is 11.8. The van der Waals surface area contributed by atoms with E-state index in [9.17, 15) is 4.79 Å². The molecule has 15 heavy (non-hydrogen) atoms. The molecule has 84 valence electrons. The molecule has 0 aromatic carbocycles. The molecule has 0 saturated heterocycles. The number of nitrogens with one attached hydrogen (secondary N) is 1. The van der Waals surface area contributed by atoms with Crippen LogP contribution in [0, 0.1) is 13.8 Å². The van der Waals surface area contributed by atoms with Crippen molar-refractivity contribution in [3.8, 4) is 0 Å². The smallest absolute Gasteiger partial charge is 0.303 e. The molecule has 1 heterocycles. The molecule has 1 rings (SSSR count). The average molecular weight is 210 g/mol. The minimum Gasteiger partial charge on any atom is -0.481 e. The van der Waals surface area contributed by atoms with E-state index < -0.39 is 5.97 Å². The number of hydrogen-bond acceptors (Lipinski definition) is 2. The number of aryl methyl sites for hydroxylation is 1. The Bertz CT molecular complexity index is 356. The van der Waals surface area contributed by atoms with Crippen molar-refractivity contribution in [1.29, 1.82) is 0 Å². The number of aliphatic carboxylic acids is 1. The van der Waals surface area contributed by atoms with Gasteiger partial charge in [-0.25, -0.2) is 0 Å². The summed E-state index contributed by atoms with van der Waals surface area (Å²) in [4.78, 5) is 13.8. The second-order valence-electron chi connectivity index (χ2n) is 3.76. The Morgan fingerprint density at radius 3 is 2.60 bits per heavy atom. The maximum absolute atomic E-state index is 10.5. The summed E-state index contributed by atoms with van der Waals surface area (Å²) in [6.45, 7) is 4.61. The van der Waals surface area contributed by atoms with Crippen molar-refractivity contribution in [1.82, 2.24) is 4.98 Å². The van der Waals surface area contributed by atoms with Crippen molar-refractivity contribution < 1.29 is 9.90 Å². The second kappa shape index (κ2) is 4.98. The van der Waals surface area contributed by atoms with Crippen LogP contribution in [0.25, 0.3) is 0 Å². The molecule has 0 fully saturated rings. The fraction of sp³-hybridized carbons (Fsp3) is 0.545. The first-order valence-electron chi connectivity index (χ1n) is 5.15. The third kappa shape index (κ3) is 2.83. The highest BCUT2D eigenvalue weighted by atomic mass is 16.4. The van der Waals surface area contributed by atoms with Crippen molar-refractivity contribution >= 4 is 5.97 Å². The second-order valence-corrected chi connectivity index (χ2v) is 3.76. The van der Waals surface area contributed by atoms with Crippen molar-refractivity contribution in [3.05, 3.63) is 22.5 Å². The average Bonchev–Trinajstić information content (AvgIpc) is 2.40. The Hall–Kier alpha value is -1.29. The maximum atomic E-state index is 10.5. The summed E-state index contributed by atoms with van der Waals surface area (Å²) in [6, 6.07) is 0. The summed E-state index contributed by atoms with van der Waals surface area (Å²) in [6.07, 6.45) is 1.59. The SMILES string of the molecule is Cc1[nH]c(CCN)c(C)c1CCC(=O)O. The van der Waals surface area contributed by atoms with Gasteiger partial charge in [0.2, 0.25) is 0 Å². The molecule has 0 aliphatic rings. The predicted molar refractivity (Wildman–Crippen MR) is 59.0 cm³/mol. The van der Waals surface area contributed by atoms with E-state index in [1.807, 2.05) is 13.8 Å². The van der Waals surface area contributed by atoms with Crippen molar-refractivity contribution in [2.24, 2.45) is 5.73 Å². The number of carbonyl (C=O) groups is 1. The summed E-state index contributed by atoms with van der Waals surface area (Å²) in [7, 11) is 0. The highest BCUT2D eigenvalue weighted by Gasteiger charge is 2.11. The molecule has 0 radical (unpaired) electrons. The van der Waals surface area contributed by atoms with Gasteiger partial charge in [0.1, 0.15) is 0 Å². The minimum atomic E-state index is -0.754. The van der Waals surface area contributed by atoms with Crippen LogP contribution < -0.4 is 5.73 Å². The summed E-state index contributed by atoms with van der Waals surface area (Å²) >= 11 is 0. The molecular formula is C11H18N2O2. The van der Waals surface area contributed by atoms with Crippen LogP contribution in [0.4, 0.5) is 0 Å². The van der Waals surface area contributed by atoms with Crippen molar-refractivity contribution in [2.45, 2.75) is 33.1 Å². The molecule has 0 bridgehead atoms. The van der Waals surface area contributed by atoms with E-state index >= 15 is 0 Å². The van der Waals surface area contributed by atoms with Crippen molar-refractivity contribution in [2.75, 3.05) is 6.54 Å². The highest BCUT2D eigenvalue weighted by molar-refractivity contribution is 5.67. The Morgan fingerprint density at radius 1 is 1.40 bits per heavy atom. The van der Waals surface area contributed by atoms with E-state index in [0.717, 1.165) is 23.4 Å². The molecule has 0 spiro atoms. The number of nitrogens with two attached hydrogens (primary N) is 1. The van der Waals surface area contributed by atoms with E-state index in [4.69, 9.17) is 10.8 Å². The predicted octanol–water partition coefficient (Wildman–Crippen LogP) is 1.15. The summed E-state index contributed by atoms with van der Waals surface area (Å²) in [5.74, 6) is -0.754. The Labute approximate surface area is 89.5 Å². The quantitative estimate of drug-likeness (QED) is 0.682. The van der Waals surface area contributed by atoms with Crippen LogP contribution in [0.2, 0.25) is 0 Å². The van der Waals surface area contributed by atoms with Gasteiger partial charge in [0.25, 0.3) is 0 Å². The largest absolute Gasteiger partial charge is 0.481 e. The lowest BCUT2D eigenvalue weighted by molar-refractivity contribution is -0.136. The lowest BCUT2D eigenvalue weighted by Gasteiger charge is -2.00. The lowest BCUT2D eigenvalue weighted by Crippen LogP contribution is -2.04. The minimum absolute atomic E-state index is 0.182. The van der Waals surface area contributed by atoms with Gasteiger partial charge in [-0.1, -0.05) is 0 Å². The topological polar surface area (TPSA) is 79.1 Å². The van der Waals surface area contributed by atoms with Gasteiger partial charge in [-0.3, -0.25) is 4.79 Å². The summed E-state index contributed by atoms with van der Waals surface area (Å²) in [5.41, 5.74) is 9.99. The van der Waals surface area contributed by atoms with Crippen LogP contribution in [0.1, 0.15) is 28.9 Å². The number of aromatic nitrogens is 1. The van der Waals surface area contributed by atoms with Gasteiger partial charge in [-0.2, -0.15) is 0 Å². The van der Waals surface area contributed by atoms with Gasteiger partial charge in [0.05, 0.1) is 0 Å². The highest BCUT2D eigenvalue weighted by Crippen LogP contribution is 2.19. The fourth-order valence-corrected chi connectivity index (χ4v) is 1.86. The third-order valence-electron chi connectivity index (χ3n) is 2.68. The van der Waals surface area contributed by atoms with E-state index in [2.05, 4.69) is 4.98 Å². The molecule has 1 aromatic rings. The lowest BCUT2D eigenvalue weighted by atomic mass is 10.0. The number of hydrogen-bond donors (Lipinski definition) is 3. The molecule has 4 nitrogen and oxygen atoms in total. The van der Waals surface area contributed by atoms with E-state index in [-0.39, 0.29) is 6.42 Å². The molecule has 0 aliphatic heterocycles. The van der Waals surface area contributed by atoms with E-state index in [0.29, 0.717) is 13.0 Å². The Balaban J connectivity index is 2.82. The number of H-pyrrole nitrogens is 1.